The predicted molar refractivity (Wildman–Crippen MR) is 121 cm³/mol. The standard InChI is InChI=1S/C21H26N4O4S2/c26-17(24-6-8-25(9-7-24)21(28)14-4-2-10-29-14)12-30-11-16-22-19(27)18-13-3-1-5-15(13)31-20(18)23-16/h14H,1-12H2,(H,22,23,27). The largest absolute Gasteiger partial charge is 0.368 e. The number of carbonyl (C=O) groups excluding carboxylic acids is 2. The van der Waals surface area contributed by atoms with Crippen LogP contribution in [-0.2, 0) is 32.9 Å². The number of rotatable bonds is 5. The molecule has 0 radical (unpaired) electrons. The molecule has 1 atom stereocenters. The number of nitrogens with zero attached hydrogens (tertiary/aromatic N) is 3. The Balaban J connectivity index is 1.11. The lowest BCUT2D eigenvalue weighted by Gasteiger charge is -2.35. The zero-order chi connectivity index (χ0) is 21.4. The quantitative estimate of drug-likeness (QED) is 0.725. The number of amides is 2. The summed E-state index contributed by atoms with van der Waals surface area (Å²) < 4.78 is 5.48. The van der Waals surface area contributed by atoms with Crippen molar-refractivity contribution in [2.45, 2.75) is 44.0 Å². The number of ether oxygens (including phenoxy) is 1. The molecule has 4 heterocycles. The van der Waals surface area contributed by atoms with E-state index in [1.807, 2.05) is 9.80 Å². The number of H-pyrrole nitrogens is 1. The summed E-state index contributed by atoms with van der Waals surface area (Å²) in [5, 5.41) is 0.762. The lowest BCUT2D eigenvalue weighted by Crippen LogP contribution is -2.53. The van der Waals surface area contributed by atoms with Gasteiger partial charge in [0.05, 0.1) is 16.9 Å². The van der Waals surface area contributed by atoms with Gasteiger partial charge in [-0.05, 0) is 37.7 Å². The molecule has 166 valence electrons. The lowest BCUT2D eigenvalue weighted by molar-refractivity contribution is -0.145. The fourth-order valence-electron chi connectivity index (χ4n) is 4.59. The van der Waals surface area contributed by atoms with Crippen LogP contribution >= 0.6 is 23.1 Å². The van der Waals surface area contributed by atoms with Crippen LogP contribution in [-0.4, -0.2) is 76.2 Å². The number of thioether (sulfide) groups is 1. The molecule has 0 bridgehead atoms. The van der Waals surface area contributed by atoms with Gasteiger partial charge in [0.15, 0.2) is 0 Å². The molecule has 0 aromatic carbocycles. The molecule has 2 fully saturated rings. The van der Waals surface area contributed by atoms with E-state index in [-0.39, 0.29) is 23.5 Å². The van der Waals surface area contributed by atoms with Gasteiger partial charge in [0.2, 0.25) is 5.91 Å². The Morgan fingerprint density at radius 1 is 1.16 bits per heavy atom. The zero-order valence-corrected chi connectivity index (χ0v) is 19.0. The number of nitrogens with one attached hydrogen (secondary N) is 1. The molecular weight excluding hydrogens is 436 g/mol. The Labute approximate surface area is 188 Å². The molecule has 2 saturated heterocycles. The first kappa shape index (κ1) is 21.0. The first-order valence-corrected chi connectivity index (χ1v) is 12.9. The van der Waals surface area contributed by atoms with Gasteiger partial charge in [-0.15, -0.1) is 23.1 Å². The molecule has 5 rings (SSSR count). The fourth-order valence-corrected chi connectivity index (χ4v) is 6.66. The van der Waals surface area contributed by atoms with Gasteiger partial charge in [0, 0.05) is 37.7 Å². The second-order valence-electron chi connectivity index (χ2n) is 8.25. The van der Waals surface area contributed by atoms with E-state index in [1.165, 1.54) is 22.2 Å². The third kappa shape index (κ3) is 4.25. The summed E-state index contributed by atoms with van der Waals surface area (Å²) in [5.41, 5.74) is 1.12. The molecule has 8 nitrogen and oxygen atoms in total. The van der Waals surface area contributed by atoms with Crippen LogP contribution in [0.25, 0.3) is 10.2 Å². The van der Waals surface area contributed by atoms with E-state index < -0.39 is 0 Å². The maximum atomic E-state index is 12.6. The summed E-state index contributed by atoms with van der Waals surface area (Å²) in [7, 11) is 0. The van der Waals surface area contributed by atoms with Crippen LogP contribution in [0, 0.1) is 0 Å². The van der Waals surface area contributed by atoms with Crippen LogP contribution < -0.4 is 5.56 Å². The second kappa shape index (κ2) is 8.91. The maximum Gasteiger partial charge on any atom is 0.259 e. The van der Waals surface area contributed by atoms with Crippen molar-refractivity contribution in [3.8, 4) is 0 Å². The molecule has 2 aromatic heterocycles. The second-order valence-corrected chi connectivity index (χ2v) is 10.3. The van der Waals surface area contributed by atoms with E-state index in [2.05, 4.69) is 9.97 Å². The third-order valence-electron chi connectivity index (χ3n) is 6.24. The molecule has 31 heavy (non-hydrogen) atoms. The zero-order valence-electron chi connectivity index (χ0n) is 17.4. The van der Waals surface area contributed by atoms with Crippen LogP contribution in [0.1, 0.15) is 35.5 Å². The number of hydrogen-bond acceptors (Lipinski definition) is 7. The van der Waals surface area contributed by atoms with Crippen molar-refractivity contribution in [1.29, 1.82) is 0 Å². The van der Waals surface area contributed by atoms with E-state index in [0.29, 0.717) is 50.1 Å². The van der Waals surface area contributed by atoms with Crippen molar-refractivity contribution < 1.29 is 14.3 Å². The Morgan fingerprint density at radius 3 is 2.74 bits per heavy atom. The minimum atomic E-state index is -0.297. The van der Waals surface area contributed by atoms with Crippen LogP contribution in [0.5, 0.6) is 0 Å². The molecule has 1 N–H and O–H groups in total. The molecule has 2 aliphatic heterocycles. The average Bonchev–Trinajstić information content (AvgIpc) is 3.50. The van der Waals surface area contributed by atoms with E-state index in [4.69, 9.17) is 4.74 Å². The third-order valence-corrected chi connectivity index (χ3v) is 8.35. The molecule has 1 aliphatic carbocycles. The highest BCUT2D eigenvalue weighted by Gasteiger charge is 2.31. The van der Waals surface area contributed by atoms with Crippen LogP contribution in [0.2, 0.25) is 0 Å². The minimum Gasteiger partial charge on any atom is -0.368 e. The van der Waals surface area contributed by atoms with Gasteiger partial charge in [-0.2, -0.15) is 0 Å². The first-order valence-electron chi connectivity index (χ1n) is 10.9. The van der Waals surface area contributed by atoms with Crippen molar-refractivity contribution >= 4 is 45.1 Å². The van der Waals surface area contributed by atoms with Crippen molar-refractivity contribution in [2.75, 3.05) is 38.5 Å². The molecule has 1 unspecified atom stereocenters. The number of piperazine rings is 1. The summed E-state index contributed by atoms with van der Waals surface area (Å²) in [6.45, 7) is 2.89. The average molecular weight is 463 g/mol. The van der Waals surface area contributed by atoms with Gasteiger partial charge in [-0.3, -0.25) is 14.4 Å². The first-order chi connectivity index (χ1) is 15.1. The number of aromatic amines is 1. The summed E-state index contributed by atoms with van der Waals surface area (Å²) in [6, 6.07) is 0. The number of aryl methyl sites for hydroxylation is 2. The fraction of sp³-hybridized carbons (Fsp3) is 0.619. The van der Waals surface area contributed by atoms with E-state index in [0.717, 1.165) is 42.3 Å². The van der Waals surface area contributed by atoms with Gasteiger partial charge in [0.25, 0.3) is 11.5 Å². The molecule has 0 spiro atoms. The number of aromatic nitrogens is 2. The van der Waals surface area contributed by atoms with Crippen molar-refractivity contribution in [2.24, 2.45) is 0 Å². The lowest BCUT2D eigenvalue weighted by atomic mass is 10.2. The molecular formula is C21H26N4O4S2. The maximum absolute atomic E-state index is 12.6. The van der Waals surface area contributed by atoms with Gasteiger partial charge in [-0.25, -0.2) is 4.98 Å². The summed E-state index contributed by atoms with van der Waals surface area (Å²) >= 11 is 3.10. The van der Waals surface area contributed by atoms with Crippen molar-refractivity contribution in [1.82, 2.24) is 19.8 Å². The number of fused-ring (bicyclic) bond motifs is 3. The predicted octanol–water partition coefficient (Wildman–Crippen LogP) is 1.56. The number of hydrogen-bond donors (Lipinski definition) is 1. The molecule has 2 aromatic rings. The van der Waals surface area contributed by atoms with Crippen molar-refractivity contribution in [3.05, 3.63) is 26.6 Å². The van der Waals surface area contributed by atoms with Gasteiger partial charge >= 0.3 is 0 Å². The number of thiophene rings is 1. The van der Waals surface area contributed by atoms with Gasteiger partial charge in [-0.1, -0.05) is 0 Å². The monoisotopic (exact) mass is 462 g/mol. The smallest absolute Gasteiger partial charge is 0.259 e. The van der Waals surface area contributed by atoms with E-state index in [9.17, 15) is 14.4 Å². The summed E-state index contributed by atoms with van der Waals surface area (Å²) in [6.07, 6.45) is 4.57. The summed E-state index contributed by atoms with van der Waals surface area (Å²) in [5.74, 6) is 1.58. The molecule has 10 heteroatoms. The van der Waals surface area contributed by atoms with Crippen LogP contribution in [0.3, 0.4) is 0 Å². The molecule has 2 amide bonds. The molecule has 3 aliphatic rings. The highest BCUT2D eigenvalue weighted by molar-refractivity contribution is 7.99. The highest BCUT2D eigenvalue weighted by Crippen LogP contribution is 2.34. The highest BCUT2D eigenvalue weighted by atomic mass is 32.2. The minimum absolute atomic E-state index is 0.0571. The topological polar surface area (TPSA) is 95.6 Å². The SMILES string of the molecule is O=C(CSCc1nc2sc3c(c2c(=O)[nH]1)CCC3)N1CCN(C(=O)C2CCCO2)CC1. The normalized spacial score (nSPS) is 21.1. The van der Waals surface area contributed by atoms with Gasteiger partial charge < -0.3 is 19.5 Å². The van der Waals surface area contributed by atoms with E-state index in [1.54, 1.807) is 11.3 Å². The van der Waals surface area contributed by atoms with Crippen LogP contribution in [0.15, 0.2) is 4.79 Å². The van der Waals surface area contributed by atoms with Crippen LogP contribution in [0.4, 0.5) is 0 Å². The Bertz CT molecular complexity index is 1050. The van der Waals surface area contributed by atoms with Crippen molar-refractivity contribution in [3.63, 3.8) is 0 Å². The number of carbonyl (C=O) groups is 2. The summed E-state index contributed by atoms with van der Waals surface area (Å²) in [4.78, 5) is 50.8. The van der Waals surface area contributed by atoms with E-state index >= 15 is 0 Å². The molecule has 0 saturated carbocycles. The Hall–Kier alpha value is -1.91. The Morgan fingerprint density at radius 2 is 1.97 bits per heavy atom. The Kier molecular flexibility index (Phi) is 6.03. The van der Waals surface area contributed by atoms with Gasteiger partial charge in [0.1, 0.15) is 16.8 Å².